The predicted molar refractivity (Wildman–Crippen MR) is 75.5 cm³/mol. The first-order valence-corrected chi connectivity index (χ1v) is 6.70. The predicted octanol–water partition coefficient (Wildman–Crippen LogP) is 0.675. The summed E-state index contributed by atoms with van der Waals surface area (Å²) in [7, 11) is 1.55. The van der Waals surface area contributed by atoms with E-state index in [0.29, 0.717) is 6.54 Å². The number of amides is 2. The molecule has 0 unspecified atom stereocenters. The van der Waals surface area contributed by atoms with Crippen LogP contribution >= 0.6 is 0 Å². The summed E-state index contributed by atoms with van der Waals surface area (Å²) in [5.74, 6) is -2.11. The summed E-state index contributed by atoms with van der Waals surface area (Å²) < 4.78 is 0. The lowest BCUT2D eigenvalue weighted by molar-refractivity contribution is -0.143. The summed E-state index contributed by atoms with van der Waals surface area (Å²) in [5, 5.41) is 9.35. The molecule has 0 aliphatic carbocycles. The van der Waals surface area contributed by atoms with Crippen LogP contribution in [-0.4, -0.2) is 52.8 Å². The molecule has 112 valence electrons. The van der Waals surface area contributed by atoms with Gasteiger partial charge < -0.3 is 14.9 Å². The molecular formula is C15H18N2O4. The number of nitrogens with zero attached hydrogens (tertiary/aromatic N) is 2. The Hall–Kier alpha value is -2.37. The molecule has 6 heteroatoms. The summed E-state index contributed by atoms with van der Waals surface area (Å²) >= 11 is 0. The molecular weight excluding hydrogens is 272 g/mol. The van der Waals surface area contributed by atoms with Crippen LogP contribution in [0.15, 0.2) is 24.3 Å². The summed E-state index contributed by atoms with van der Waals surface area (Å²) in [6.07, 6.45) is 0. The van der Waals surface area contributed by atoms with E-state index in [9.17, 15) is 19.5 Å². The van der Waals surface area contributed by atoms with Crippen LogP contribution < -0.4 is 0 Å². The second-order valence-corrected chi connectivity index (χ2v) is 5.24. The molecule has 2 amide bonds. The van der Waals surface area contributed by atoms with Crippen molar-refractivity contribution in [3.05, 3.63) is 35.4 Å². The molecule has 1 aromatic rings. The van der Waals surface area contributed by atoms with Gasteiger partial charge in [0.05, 0.1) is 12.5 Å². The number of hydrogen-bond donors (Lipinski definition) is 1. The molecule has 21 heavy (non-hydrogen) atoms. The summed E-state index contributed by atoms with van der Waals surface area (Å²) in [6.45, 7) is 1.87. The first-order chi connectivity index (χ1) is 9.90. The lowest BCUT2D eigenvalue weighted by atomic mass is 9.90. The number of carbonyl (C=O) groups is 3. The van der Waals surface area contributed by atoms with Gasteiger partial charge in [0.25, 0.3) is 0 Å². The van der Waals surface area contributed by atoms with Crippen LogP contribution in [0, 0.1) is 0 Å². The van der Waals surface area contributed by atoms with Crippen molar-refractivity contribution in [3.63, 3.8) is 0 Å². The molecule has 0 fully saturated rings. The van der Waals surface area contributed by atoms with Gasteiger partial charge in [0, 0.05) is 27.1 Å². The standard InChI is InChI=1S/C15H18N2O4/c1-10(18)16(2)9-14(19)17-7-11-5-3-4-6-12(11)13(8-17)15(20)21/h3-6,13H,7-9H2,1-2H3,(H,20,21)/t13-/m1/s1. The maximum atomic E-state index is 12.2. The average Bonchev–Trinajstić information content (AvgIpc) is 2.45. The highest BCUT2D eigenvalue weighted by molar-refractivity contribution is 5.85. The molecule has 1 N–H and O–H groups in total. The Bertz CT molecular complexity index is 585. The third kappa shape index (κ3) is 3.21. The molecule has 6 nitrogen and oxygen atoms in total. The zero-order valence-corrected chi connectivity index (χ0v) is 12.1. The van der Waals surface area contributed by atoms with Crippen molar-refractivity contribution in [3.8, 4) is 0 Å². The van der Waals surface area contributed by atoms with Gasteiger partial charge in [-0.1, -0.05) is 24.3 Å². The maximum absolute atomic E-state index is 12.2. The van der Waals surface area contributed by atoms with E-state index in [2.05, 4.69) is 0 Å². The van der Waals surface area contributed by atoms with Crippen molar-refractivity contribution in [2.45, 2.75) is 19.4 Å². The second kappa shape index (κ2) is 5.95. The first kappa shape index (κ1) is 15.0. The Balaban J connectivity index is 2.19. The fraction of sp³-hybridized carbons (Fsp3) is 0.400. The van der Waals surface area contributed by atoms with E-state index < -0.39 is 11.9 Å². The molecule has 0 bridgehead atoms. The lowest BCUT2D eigenvalue weighted by Gasteiger charge is -2.33. The Labute approximate surface area is 123 Å². The van der Waals surface area contributed by atoms with Gasteiger partial charge in [-0.15, -0.1) is 0 Å². The lowest BCUT2D eigenvalue weighted by Crippen LogP contribution is -2.45. The maximum Gasteiger partial charge on any atom is 0.312 e. The topological polar surface area (TPSA) is 77.9 Å². The van der Waals surface area contributed by atoms with Crippen molar-refractivity contribution < 1.29 is 19.5 Å². The van der Waals surface area contributed by atoms with Gasteiger partial charge in [0.15, 0.2) is 0 Å². The molecule has 0 saturated carbocycles. The largest absolute Gasteiger partial charge is 0.481 e. The van der Waals surface area contributed by atoms with E-state index in [1.807, 2.05) is 12.1 Å². The van der Waals surface area contributed by atoms with Crippen LogP contribution in [0.1, 0.15) is 24.0 Å². The second-order valence-electron chi connectivity index (χ2n) is 5.24. The number of carboxylic acids is 1. The number of likely N-dealkylation sites (N-methyl/N-ethyl adjacent to an activating group) is 1. The van der Waals surface area contributed by atoms with Crippen LogP contribution in [0.4, 0.5) is 0 Å². The smallest absolute Gasteiger partial charge is 0.312 e. The van der Waals surface area contributed by atoms with Crippen LogP contribution in [0.3, 0.4) is 0 Å². The van der Waals surface area contributed by atoms with Gasteiger partial charge in [-0.25, -0.2) is 0 Å². The highest BCUT2D eigenvalue weighted by Crippen LogP contribution is 2.28. The Morgan fingerprint density at radius 1 is 1.33 bits per heavy atom. The van der Waals surface area contributed by atoms with Gasteiger partial charge in [0.2, 0.25) is 11.8 Å². The Kier molecular flexibility index (Phi) is 4.26. The van der Waals surface area contributed by atoms with Crippen molar-refractivity contribution in [2.24, 2.45) is 0 Å². The van der Waals surface area contributed by atoms with Crippen molar-refractivity contribution in [1.82, 2.24) is 9.80 Å². The van der Waals surface area contributed by atoms with Gasteiger partial charge >= 0.3 is 5.97 Å². The monoisotopic (exact) mass is 290 g/mol. The fourth-order valence-electron chi connectivity index (χ4n) is 2.42. The third-order valence-electron chi connectivity index (χ3n) is 3.76. The van der Waals surface area contributed by atoms with Crippen molar-refractivity contribution in [1.29, 1.82) is 0 Å². The van der Waals surface area contributed by atoms with E-state index >= 15 is 0 Å². The molecule has 1 heterocycles. The number of carboxylic acid groups (broad SMARTS) is 1. The minimum atomic E-state index is -0.945. The van der Waals surface area contributed by atoms with E-state index in [0.717, 1.165) is 11.1 Å². The molecule has 2 rings (SSSR count). The van der Waals surface area contributed by atoms with E-state index in [1.165, 1.54) is 16.7 Å². The summed E-state index contributed by atoms with van der Waals surface area (Å²) in [4.78, 5) is 37.7. The minimum absolute atomic E-state index is 0.0379. The highest BCUT2D eigenvalue weighted by Gasteiger charge is 2.32. The zero-order valence-electron chi connectivity index (χ0n) is 12.1. The zero-order chi connectivity index (χ0) is 15.6. The minimum Gasteiger partial charge on any atom is -0.481 e. The summed E-state index contributed by atoms with van der Waals surface area (Å²) in [5.41, 5.74) is 1.60. The molecule has 1 aromatic carbocycles. The van der Waals surface area contributed by atoms with Crippen molar-refractivity contribution >= 4 is 17.8 Å². The average molecular weight is 290 g/mol. The van der Waals surface area contributed by atoms with Crippen LogP contribution in [0.2, 0.25) is 0 Å². The van der Waals surface area contributed by atoms with Crippen molar-refractivity contribution in [2.75, 3.05) is 20.1 Å². The number of rotatable bonds is 3. The van der Waals surface area contributed by atoms with Gasteiger partial charge in [-0.3, -0.25) is 14.4 Å². The number of benzene rings is 1. The van der Waals surface area contributed by atoms with Gasteiger partial charge in [0.1, 0.15) is 0 Å². The quantitative estimate of drug-likeness (QED) is 0.887. The van der Waals surface area contributed by atoms with Crippen LogP contribution in [0.25, 0.3) is 0 Å². The van der Waals surface area contributed by atoms with E-state index in [-0.39, 0.29) is 24.9 Å². The normalized spacial score (nSPS) is 17.0. The molecule has 0 aromatic heterocycles. The first-order valence-electron chi connectivity index (χ1n) is 6.70. The highest BCUT2D eigenvalue weighted by atomic mass is 16.4. The molecule has 0 saturated heterocycles. The van der Waals surface area contributed by atoms with Crippen LogP contribution in [0.5, 0.6) is 0 Å². The molecule has 1 atom stereocenters. The number of hydrogen-bond acceptors (Lipinski definition) is 3. The number of aliphatic carboxylic acids is 1. The van der Waals surface area contributed by atoms with Gasteiger partial charge in [-0.2, -0.15) is 0 Å². The molecule has 0 radical (unpaired) electrons. The Morgan fingerprint density at radius 2 is 2.00 bits per heavy atom. The Morgan fingerprint density at radius 3 is 2.62 bits per heavy atom. The third-order valence-corrected chi connectivity index (χ3v) is 3.76. The van der Waals surface area contributed by atoms with Gasteiger partial charge in [-0.05, 0) is 11.1 Å². The molecule has 1 aliphatic heterocycles. The SMILES string of the molecule is CC(=O)N(C)CC(=O)N1Cc2ccccc2[C@H](C(=O)O)C1. The number of fused-ring (bicyclic) bond motifs is 1. The fourth-order valence-corrected chi connectivity index (χ4v) is 2.42. The van der Waals surface area contributed by atoms with Crippen LogP contribution in [-0.2, 0) is 20.9 Å². The van der Waals surface area contributed by atoms with E-state index in [4.69, 9.17) is 0 Å². The van der Waals surface area contributed by atoms with E-state index in [1.54, 1.807) is 19.2 Å². The molecule has 1 aliphatic rings. The summed E-state index contributed by atoms with van der Waals surface area (Å²) in [6, 6.07) is 7.25. The molecule has 0 spiro atoms. The number of carbonyl (C=O) groups excluding carboxylic acids is 2.